The van der Waals surface area contributed by atoms with E-state index in [-0.39, 0.29) is 37.2 Å². The van der Waals surface area contributed by atoms with E-state index >= 15 is 0 Å². The van der Waals surface area contributed by atoms with Crippen molar-refractivity contribution in [3.63, 3.8) is 0 Å². The first-order valence-corrected chi connectivity index (χ1v) is 9.49. The van der Waals surface area contributed by atoms with Crippen molar-refractivity contribution in [1.82, 2.24) is 15.8 Å². The second-order valence-electron chi connectivity index (χ2n) is 7.47. The number of nitrogens with zero attached hydrogens (tertiary/aromatic N) is 1. The van der Waals surface area contributed by atoms with Crippen LogP contribution >= 0.6 is 0 Å². The van der Waals surface area contributed by atoms with Gasteiger partial charge in [-0.15, -0.1) is 0 Å². The summed E-state index contributed by atoms with van der Waals surface area (Å²) < 4.78 is 10.7. The summed E-state index contributed by atoms with van der Waals surface area (Å²) in [6, 6.07) is 5.50. The number of likely N-dealkylation sites (tertiary alicyclic amines) is 1. The number of carbonyl (C=O) groups is 2. The molecule has 3 heterocycles. The molecule has 146 valence electrons. The van der Waals surface area contributed by atoms with Crippen LogP contribution in [-0.2, 0) is 9.59 Å². The number of carboxylic acids is 1. The molecule has 8 heteroatoms. The van der Waals surface area contributed by atoms with Gasteiger partial charge in [0.2, 0.25) is 12.7 Å². The van der Waals surface area contributed by atoms with Gasteiger partial charge in [-0.1, -0.05) is 19.4 Å². The molecule has 3 aliphatic heterocycles. The summed E-state index contributed by atoms with van der Waals surface area (Å²) in [5.74, 6) is -0.507. The van der Waals surface area contributed by atoms with Crippen molar-refractivity contribution in [2.24, 2.45) is 5.92 Å². The van der Waals surface area contributed by atoms with Gasteiger partial charge in [0.05, 0.1) is 5.92 Å². The van der Waals surface area contributed by atoms with Crippen LogP contribution in [0.15, 0.2) is 18.2 Å². The fourth-order valence-electron chi connectivity index (χ4n) is 4.26. The van der Waals surface area contributed by atoms with Gasteiger partial charge >= 0.3 is 5.97 Å². The Labute approximate surface area is 157 Å². The molecule has 4 rings (SSSR count). The molecule has 4 atom stereocenters. The number of amides is 1. The van der Waals surface area contributed by atoms with Crippen LogP contribution in [0, 0.1) is 5.92 Å². The summed E-state index contributed by atoms with van der Waals surface area (Å²) >= 11 is 0. The van der Waals surface area contributed by atoms with Crippen molar-refractivity contribution in [1.29, 1.82) is 0 Å². The topological polar surface area (TPSA) is 100 Å². The van der Waals surface area contributed by atoms with E-state index in [0.29, 0.717) is 18.0 Å². The highest BCUT2D eigenvalue weighted by Crippen LogP contribution is 2.39. The largest absolute Gasteiger partial charge is 0.481 e. The van der Waals surface area contributed by atoms with Crippen molar-refractivity contribution in [2.45, 2.75) is 44.2 Å². The predicted octanol–water partition coefficient (Wildman–Crippen LogP) is 1.08. The lowest BCUT2D eigenvalue weighted by molar-refractivity contribution is -0.142. The third kappa shape index (κ3) is 3.46. The molecule has 0 aliphatic carbocycles. The van der Waals surface area contributed by atoms with Crippen LogP contribution in [0.25, 0.3) is 0 Å². The Hall–Kier alpha value is -2.32. The van der Waals surface area contributed by atoms with E-state index in [2.05, 4.69) is 17.8 Å². The smallest absolute Gasteiger partial charge is 0.308 e. The Morgan fingerprint density at radius 2 is 2.04 bits per heavy atom. The molecular formula is C19H25N3O5. The molecule has 2 fully saturated rings. The number of benzene rings is 1. The Morgan fingerprint density at radius 1 is 1.22 bits per heavy atom. The van der Waals surface area contributed by atoms with Gasteiger partial charge < -0.3 is 19.5 Å². The van der Waals surface area contributed by atoms with Crippen LogP contribution in [0.2, 0.25) is 0 Å². The highest BCUT2D eigenvalue weighted by Gasteiger charge is 2.43. The molecule has 27 heavy (non-hydrogen) atoms. The van der Waals surface area contributed by atoms with Crippen LogP contribution < -0.4 is 20.3 Å². The normalized spacial score (nSPS) is 29.3. The SMILES string of the molecule is CCCC1CC(C(=O)N2C[C@H](C(=O)O)[C@@H](c3ccc4c(c3)OCO4)C2)NN1. The van der Waals surface area contributed by atoms with Crippen molar-refractivity contribution < 1.29 is 24.2 Å². The lowest BCUT2D eigenvalue weighted by atomic mass is 9.89. The monoisotopic (exact) mass is 375 g/mol. The molecule has 1 aromatic rings. The van der Waals surface area contributed by atoms with Crippen LogP contribution in [-0.4, -0.2) is 53.8 Å². The fraction of sp³-hybridized carbons (Fsp3) is 0.579. The third-order valence-electron chi connectivity index (χ3n) is 5.69. The summed E-state index contributed by atoms with van der Waals surface area (Å²) in [5.41, 5.74) is 7.11. The van der Waals surface area contributed by atoms with Crippen molar-refractivity contribution >= 4 is 11.9 Å². The van der Waals surface area contributed by atoms with Crippen LogP contribution in [0.1, 0.15) is 37.7 Å². The average Bonchev–Trinajstić information content (AvgIpc) is 3.39. The van der Waals surface area contributed by atoms with Gasteiger partial charge in [0.15, 0.2) is 11.5 Å². The Bertz CT molecular complexity index is 740. The maximum atomic E-state index is 12.9. The molecule has 0 spiro atoms. The zero-order valence-corrected chi connectivity index (χ0v) is 15.3. The summed E-state index contributed by atoms with van der Waals surface area (Å²) in [5, 5.41) is 9.69. The molecule has 0 aromatic heterocycles. The van der Waals surface area contributed by atoms with E-state index < -0.39 is 11.9 Å². The van der Waals surface area contributed by atoms with Crippen molar-refractivity contribution in [3.8, 4) is 11.5 Å². The van der Waals surface area contributed by atoms with Crippen LogP contribution in [0.4, 0.5) is 0 Å². The number of carboxylic acid groups (broad SMARTS) is 1. The maximum absolute atomic E-state index is 12.9. The second-order valence-corrected chi connectivity index (χ2v) is 7.47. The van der Waals surface area contributed by atoms with Crippen molar-refractivity contribution in [2.75, 3.05) is 19.9 Å². The van der Waals surface area contributed by atoms with Gasteiger partial charge in [0.1, 0.15) is 6.04 Å². The number of aliphatic carboxylic acids is 1. The number of ether oxygens (including phenoxy) is 2. The third-order valence-corrected chi connectivity index (χ3v) is 5.69. The van der Waals surface area contributed by atoms with E-state index in [1.165, 1.54) is 0 Å². The van der Waals surface area contributed by atoms with Gasteiger partial charge in [-0.2, -0.15) is 0 Å². The number of hydrogen-bond donors (Lipinski definition) is 3. The number of nitrogens with one attached hydrogen (secondary N) is 2. The number of hydrazine groups is 1. The molecule has 2 unspecified atom stereocenters. The van der Waals surface area contributed by atoms with E-state index in [4.69, 9.17) is 9.47 Å². The van der Waals surface area contributed by atoms with Gasteiger partial charge in [-0.25, -0.2) is 5.43 Å². The summed E-state index contributed by atoms with van der Waals surface area (Å²) in [6.07, 6.45) is 2.79. The van der Waals surface area contributed by atoms with Gasteiger partial charge in [0, 0.05) is 25.0 Å². The van der Waals surface area contributed by atoms with Crippen LogP contribution in [0.5, 0.6) is 11.5 Å². The van der Waals surface area contributed by atoms with Crippen molar-refractivity contribution in [3.05, 3.63) is 23.8 Å². The number of rotatable bonds is 5. The number of hydrogen-bond acceptors (Lipinski definition) is 6. The highest BCUT2D eigenvalue weighted by atomic mass is 16.7. The lowest BCUT2D eigenvalue weighted by Crippen LogP contribution is -2.45. The molecule has 0 bridgehead atoms. The number of fused-ring (bicyclic) bond motifs is 1. The Balaban J connectivity index is 1.49. The van der Waals surface area contributed by atoms with E-state index in [1.807, 2.05) is 12.1 Å². The molecule has 0 radical (unpaired) electrons. The summed E-state index contributed by atoms with van der Waals surface area (Å²) in [6.45, 7) is 2.91. The first kappa shape index (κ1) is 18.1. The Kier molecular flexibility index (Phi) is 4.92. The van der Waals surface area contributed by atoms with Gasteiger partial charge in [-0.05, 0) is 30.5 Å². The summed E-state index contributed by atoms with van der Waals surface area (Å²) in [4.78, 5) is 26.4. The quantitative estimate of drug-likeness (QED) is 0.708. The van der Waals surface area contributed by atoms with Gasteiger partial charge in [-0.3, -0.25) is 15.0 Å². The van der Waals surface area contributed by atoms with Crippen LogP contribution in [0.3, 0.4) is 0 Å². The molecular weight excluding hydrogens is 350 g/mol. The first-order valence-electron chi connectivity index (χ1n) is 9.49. The second kappa shape index (κ2) is 7.36. The molecule has 3 aliphatic rings. The van der Waals surface area contributed by atoms with Gasteiger partial charge in [0.25, 0.3) is 0 Å². The zero-order chi connectivity index (χ0) is 19.0. The highest BCUT2D eigenvalue weighted by molar-refractivity contribution is 5.84. The summed E-state index contributed by atoms with van der Waals surface area (Å²) in [7, 11) is 0. The van der Waals surface area contributed by atoms with E-state index in [0.717, 1.165) is 24.8 Å². The molecule has 3 N–H and O–H groups in total. The first-order chi connectivity index (χ1) is 13.1. The molecule has 1 amide bonds. The number of carbonyl (C=O) groups excluding carboxylic acids is 1. The average molecular weight is 375 g/mol. The van der Waals surface area contributed by atoms with E-state index in [1.54, 1.807) is 11.0 Å². The van der Waals surface area contributed by atoms with E-state index in [9.17, 15) is 14.7 Å². The maximum Gasteiger partial charge on any atom is 0.308 e. The molecule has 8 nitrogen and oxygen atoms in total. The standard InChI is InChI=1S/C19H25N3O5/c1-2-3-12-7-15(21-20-12)18(23)22-8-13(14(9-22)19(24)25)11-4-5-16-17(6-11)27-10-26-16/h4-6,12-15,20-21H,2-3,7-10H2,1H3,(H,24,25)/t12?,13-,14+,15?/m1/s1. The molecule has 2 saturated heterocycles. The zero-order valence-electron chi connectivity index (χ0n) is 15.3. The minimum atomic E-state index is -0.880. The fourth-order valence-corrected chi connectivity index (χ4v) is 4.26. The Morgan fingerprint density at radius 3 is 2.81 bits per heavy atom. The molecule has 0 saturated carbocycles. The molecule has 1 aromatic carbocycles. The lowest BCUT2D eigenvalue weighted by Gasteiger charge is -2.20. The minimum absolute atomic E-state index is 0.0319. The minimum Gasteiger partial charge on any atom is -0.481 e. The predicted molar refractivity (Wildman–Crippen MR) is 96.4 cm³/mol.